The Bertz CT molecular complexity index is 960. The first-order valence-electron chi connectivity index (χ1n) is 8.10. The van der Waals surface area contributed by atoms with Crippen molar-refractivity contribution in [1.82, 2.24) is 10.2 Å². The summed E-state index contributed by atoms with van der Waals surface area (Å²) in [6, 6.07) is 14.0. The molecule has 4 N–H and O–H groups in total. The number of nitrogens with zero attached hydrogens (tertiary/aromatic N) is 1. The number of aromatic hydroxyl groups is 1. The number of rotatable bonds is 6. The quantitative estimate of drug-likeness (QED) is 0.541. The number of phenols is 1. The van der Waals surface area contributed by atoms with Gasteiger partial charge in [-0.1, -0.05) is 18.2 Å². The number of phenolic OH excluding ortho intramolecular Hbond substituents is 1. The third-order valence-corrected chi connectivity index (χ3v) is 3.91. The van der Waals surface area contributed by atoms with Crippen molar-refractivity contribution in [1.29, 1.82) is 0 Å². The number of nitrogens with one attached hydrogen (secondary N) is 2. The van der Waals surface area contributed by atoms with Crippen LogP contribution >= 0.6 is 0 Å². The van der Waals surface area contributed by atoms with Crippen LogP contribution in [0.1, 0.15) is 32.9 Å². The number of H-pyrrole nitrogens is 1. The fourth-order valence-electron chi connectivity index (χ4n) is 2.48. The van der Waals surface area contributed by atoms with Crippen LogP contribution in [0, 0.1) is 6.92 Å². The molecule has 0 saturated heterocycles. The molecule has 0 radical (unpaired) electrons. The van der Waals surface area contributed by atoms with Gasteiger partial charge in [-0.25, -0.2) is 4.79 Å². The summed E-state index contributed by atoms with van der Waals surface area (Å²) >= 11 is 0. The molecule has 132 valence electrons. The Hall–Kier alpha value is -3.54. The molecule has 0 unspecified atom stereocenters. The average Bonchev–Trinajstić information content (AvgIpc) is 3.09. The topological polar surface area (TPSA) is 98.2 Å². The molecule has 6 nitrogen and oxygen atoms in total. The molecule has 1 heterocycles. The average molecular weight is 349 g/mol. The number of carboxylic acids is 1. The van der Waals surface area contributed by atoms with Crippen LogP contribution in [0.15, 0.2) is 48.5 Å². The van der Waals surface area contributed by atoms with Crippen molar-refractivity contribution in [2.75, 3.05) is 5.32 Å². The Labute approximate surface area is 150 Å². The van der Waals surface area contributed by atoms with E-state index in [0.717, 1.165) is 28.2 Å². The standard InChI is InChI=1S/C20H19N3O3/c1-13-9-14(6-8-19(13)24)5-7-17-11-18(23-22-17)12-21-16-4-2-3-15(10-16)20(25)26/h2-11,21,24H,12H2,1H3,(H,22,23)(H,25,26)/b7-5+. The number of benzene rings is 2. The molecule has 3 aromatic rings. The van der Waals surface area contributed by atoms with E-state index < -0.39 is 5.97 Å². The summed E-state index contributed by atoms with van der Waals surface area (Å²) in [7, 11) is 0. The number of aromatic carboxylic acids is 1. The highest BCUT2D eigenvalue weighted by atomic mass is 16.4. The van der Waals surface area contributed by atoms with Gasteiger partial charge in [0.2, 0.25) is 0 Å². The first-order valence-corrected chi connectivity index (χ1v) is 8.10. The molecule has 0 aliphatic heterocycles. The molecule has 26 heavy (non-hydrogen) atoms. The molecule has 0 fully saturated rings. The van der Waals surface area contributed by atoms with E-state index in [1.807, 2.05) is 43.3 Å². The Morgan fingerprint density at radius 1 is 1.19 bits per heavy atom. The van der Waals surface area contributed by atoms with Crippen molar-refractivity contribution in [3.63, 3.8) is 0 Å². The van der Waals surface area contributed by atoms with Crippen molar-refractivity contribution in [3.05, 3.63) is 76.6 Å². The molecular weight excluding hydrogens is 330 g/mol. The van der Waals surface area contributed by atoms with Crippen molar-refractivity contribution < 1.29 is 15.0 Å². The number of hydrogen-bond donors (Lipinski definition) is 4. The van der Waals surface area contributed by atoms with Crippen molar-refractivity contribution in [2.45, 2.75) is 13.5 Å². The number of aryl methyl sites for hydroxylation is 1. The number of hydrogen-bond acceptors (Lipinski definition) is 4. The van der Waals surface area contributed by atoms with Crippen LogP contribution in [0.4, 0.5) is 5.69 Å². The number of aromatic nitrogens is 2. The van der Waals surface area contributed by atoms with Crippen LogP contribution in [0.25, 0.3) is 12.2 Å². The lowest BCUT2D eigenvalue weighted by atomic mass is 10.1. The second kappa shape index (κ2) is 7.57. The number of aromatic amines is 1. The third-order valence-electron chi connectivity index (χ3n) is 3.91. The lowest BCUT2D eigenvalue weighted by Crippen LogP contribution is -2.02. The summed E-state index contributed by atoms with van der Waals surface area (Å²) < 4.78 is 0. The largest absolute Gasteiger partial charge is 0.508 e. The monoisotopic (exact) mass is 349 g/mol. The molecule has 0 saturated carbocycles. The number of carbonyl (C=O) groups is 1. The van der Waals surface area contributed by atoms with Gasteiger partial charge in [-0.05, 0) is 60.5 Å². The van der Waals surface area contributed by atoms with Gasteiger partial charge in [0.05, 0.1) is 23.5 Å². The van der Waals surface area contributed by atoms with E-state index in [9.17, 15) is 9.90 Å². The summed E-state index contributed by atoms with van der Waals surface area (Å²) in [5.41, 5.74) is 4.44. The summed E-state index contributed by atoms with van der Waals surface area (Å²) in [5.74, 6) is -0.672. The highest BCUT2D eigenvalue weighted by Gasteiger charge is 2.04. The van der Waals surface area contributed by atoms with Gasteiger partial charge in [0, 0.05) is 5.69 Å². The van der Waals surface area contributed by atoms with E-state index in [0.29, 0.717) is 6.54 Å². The predicted molar refractivity (Wildman–Crippen MR) is 101 cm³/mol. The lowest BCUT2D eigenvalue weighted by molar-refractivity contribution is 0.0697. The first kappa shape index (κ1) is 17.3. The minimum Gasteiger partial charge on any atom is -0.508 e. The van der Waals surface area contributed by atoms with E-state index in [-0.39, 0.29) is 11.3 Å². The van der Waals surface area contributed by atoms with Crippen molar-refractivity contribution in [2.24, 2.45) is 0 Å². The van der Waals surface area contributed by atoms with Gasteiger partial charge in [-0.3, -0.25) is 5.10 Å². The highest BCUT2D eigenvalue weighted by molar-refractivity contribution is 5.88. The zero-order valence-corrected chi connectivity index (χ0v) is 14.2. The molecule has 0 atom stereocenters. The normalized spacial score (nSPS) is 11.0. The Morgan fingerprint density at radius 2 is 2.04 bits per heavy atom. The molecule has 0 aliphatic carbocycles. The van der Waals surface area contributed by atoms with Crippen LogP contribution in [-0.2, 0) is 6.54 Å². The van der Waals surface area contributed by atoms with Crippen LogP contribution in [-0.4, -0.2) is 26.4 Å². The summed E-state index contributed by atoms with van der Waals surface area (Å²) in [4.78, 5) is 11.0. The fourth-order valence-corrected chi connectivity index (χ4v) is 2.48. The van der Waals surface area contributed by atoms with Gasteiger partial charge in [-0.15, -0.1) is 0 Å². The summed E-state index contributed by atoms with van der Waals surface area (Å²) in [6.45, 7) is 2.35. The van der Waals surface area contributed by atoms with Gasteiger partial charge in [0.15, 0.2) is 0 Å². The van der Waals surface area contributed by atoms with Crippen LogP contribution in [0.3, 0.4) is 0 Å². The molecule has 3 rings (SSSR count). The van der Waals surface area contributed by atoms with Gasteiger partial charge in [0.25, 0.3) is 0 Å². The molecule has 0 aliphatic rings. The van der Waals surface area contributed by atoms with E-state index in [1.54, 1.807) is 24.3 Å². The minimum absolute atomic E-state index is 0.243. The van der Waals surface area contributed by atoms with E-state index in [1.165, 1.54) is 0 Å². The zero-order chi connectivity index (χ0) is 18.5. The molecular formula is C20H19N3O3. The van der Waals surface area contributed by atoms with Crippen molar-refractivity contribution in [3.8, 4) is 5.75 Å². The van der Waals surface area contributed by atoms with E-state index >= 15 is 0 Å². The number of anilines is 1. The van der Waals surface area contributed by atoms with Gasteiger partial charge in [-0.2, -0.15) is 5.10 Å². The lowest BCUT2D eigenvalue weighted by Gasteiger charge is -2.05. The summed E-state index contributed by atoms with van der Waals surface area (Å²) in [5, 5.41) is 28.9. The van der Waals surface area contributed by atoms with Crippen LogP contribution in [0.5, 0.6) is 5.75 Å². The first-order chi connectivity index (χ1) is 12.5. The third kappa shape index (κ3) is 4.30. The molecule has 0 spiro atoms. The fraction of sp³-hybridized carbons (Fsp3) is 0.100. The molecule has 1 aromatic heterocycles. The molecule has 0 amide bonds. The minimum atomic E-state index is -0.952. The van der Waals surface area contributed by atoms with Gasteiger partial charge in [0.1, 0.15) is 5.75 Å². The second-order valence-electron chi connectivity index (χ2n) is 5.94. The van der Waals surface area contributed by atoms with Crippen LogP contribution < -0.4 is 5.32 Å². The number of carboxylic acid groups (broad SMARTS) is 1. The Morgan fingerprint density at radius 3 is 2.81 bits per heavy atom. The van der Waals surface area contributed by atoms with Gasteiger partial charge < -0.3 is 15.5 Å². The maximum Gasteiger partial charge on any atom is 0.335 e. The Balaban J connectivity index is 1.62. The van der Waals surface area contributed by atoms with E-state index in [4.69, 9.17) is 5.11 Å². The summed E-state index contributed by atoms with van der Waals surface area (Å²) in [6.07, 6.45) is 3.81. The van der Waals surface area contributed by atoms with E-state index in [2.05, 4.69) is 15.5 Å². The smallest absolute Gasteiger partial charge is 0.335 e. The van der Waals surface area contributed by atoms with Gasteiger partial charge >= 0.3 is 5.97 Å². The second-order valence-corrected chi connectivity index (χ2v) is 5.94. The van der Waals surface area contributed by atoms with Crippen LogP contribution in [0.2, 0.25) is 0 Å². The molecule has 0 bridgehead atoms. The maximum atomic E-state index is 11.0. The van der Waals surface area contributed by atoms with Crippen molar-refractivity contribution >= 4 is 23.8 Å². The predicted octanol–water partition coefficient (Wildman–Crippen LogP) is 3.90. The maximum absolute atomic E-state index is 11.0. The highest BCUT2D eigenvalue weighted by Crippen LogP contribution is 2.18. The molecule has 6 heteroatoms. The molecule has 2 aromatic carbocycles. The zero-order valence-electron chi connectivity index (χ0n) is 14.2. The SMILES string of the molecule is Cc1cc(/C=C/c2cc(CNc3cccc(C(=O)O)c3)[nH]n2)ccc1O. The Kier molecular flexibility index (Phi) is 5.03.